The van der Waals surface area contributed by atoms with Gasteiger partial charge in [-0.05, 0) is 32.6 Å². The van der Waals surface area contributed by atoms with Crippen molar-refractivity contribution >= 4 is 11.8 Å². The van der Waals surface area contributed by atoms with Gasteiger partial charge in [-0.1, -0.05) is 0 Å². The maximum Gasteiger partial charge on any atom is 0.272 e. The predicted octanol–water partition coefficient (Wildman–Crippen LogP) is 0.688. The Bertz CT molecular complexity index is 449. The van der Waals surface area contributed by atoms with Crippen molar-refractivity contribution in [1.29, 1.82) is 0 Å². The van der Waals surface area contributed by atoms with Crippen molar-refractivity contribution in [2.45, 2.75) is 32.7 Å². The predicted molar refractivity (Wildman–Crippen MR) is 66.2 cm³/mol. The first-order valence-corrected chi connectivity index (χ1v) is 6.20. The first-order valence-electron chi connectivity index (χ1n) is 6.20. The van der Waals surface area contributed by atoms with Gasteiger partial charge in [0.15, 0.2) is 5.69 Å². The zero-order valence-corrected chi connectivity index (χ0v) is 10.6. The summed E-state index contributed by atoms with van der Waals surface area (Å²) in [5.41, 5.74) is 0.380. The first-order chi connectivity index (χ1) is 8.58. The summed E-state index contributed by atoms with van der Waals surface area (Å²) in [4.78, 5) is 30.3. The summed E-state index contributed by atoms with van der Waals surface area (Å²) in [6.07, 6.45) is 3.70. The van der Waals surface area contributed by atoms with E-state index in [0.29, 0.717) is 12.5 Å². The Morgan fingerprint density at radius 2 is 2.17 bits per heavy atom. The van der Waals surface area contributed by atoms with Gasteiger partial charge in [0.05, 0.1) is 6.33 Å². The second-order valence-electron chi connectivity index (χ2n) is 4.91. The molecule has 1 saturated carbocycles. The van der Waals surface area contributed by atoms with E-state index < -0.39 is 0 Å². The molecule has 3 N–H and O–H groups in total. The molecule has 0 saturated heterocycles. The van der Waals surface area contributed by atoms with Gasteiger partial charge in [0.2, 0.25) is 0 Å². The molecule has 1 heterocycles. The summed E-state index contributed by atoms with van der Waals surface area (Å²) in [6, 6.07) is 0.0107. The molecule has 18 heavy (non-hydrogen) atoms. The molecule has 0 atom stereocenters. The second-order valence-corrected chi connectivity index (χ2v) is 4.91. The average molecular weight is 250 g/mol. The number of H-pyrrole nitrogens is 1. The van der Waals surface area contributed by atoms with Gasteiger partial charge in [-0.25, -0.2) is 4.98 Å². The van der Waals surface area contributed by atoms with Crippen LogP contribution in [0.25, 0.3) is 0 Å². The van der Waals surface area contributed by atoms with E-state index in [9.17, 15) is 9.59 Å². The Balaban J connectivity index is 2.01. The van der Waals surface area contributed by atoms with E-state index in [2.05, 4.69) is 20.6 Å². The van der Waals surface area contributed by atoms with E-state index >= 15 is 0 Å². The van der Waals surface area contributed by atoms with Gasteiger partial charge in [0, 0.05) is 12.6 Å². The van der Waals surface area contributed by atoms with Gasteiger partial charge >= 0.3 is 0 Å². The second kappa shape index (κ2) is 5.20. The molecule has 1 aliphatic rings. The van der Waals surface area contributed by atoms with Crippen LogP contribution in [0.5, 0.6) is 0 Å². The molecule has 0 radical (unpaired) electrons. The zero-order chi connectivity index (χ0) is 13.1. The molecule has 6 heteroatoms. The van der Waals surface area contributed by atoms with Crippen molar-refractivity contribution in [1.82, 2.24) is 20.6 Å². The van der Waals surface area contributed by atoms with Crippen molar-refractivity contribution in [3.8, 4) is 0 Å². The minimum Gasteiger partial charge on any atom is -0.350 e. The van der Waals surface area contributed by atoms with Gasteiger partial charge in [0.25, 0.3) is 11.8 Å². The van der Waals surface area contributed by atoms with Crippen LogP contribution in [0, 0.1) is 5.92 Å². The number of carbonyl (C=O) groups is 2. The van der Waals surface area contributed by atoms with Crippen molar-refractivity contribution in [2.75, 3.05) is 6.54 Å². The summed E-state index contributed by atoms with van der Waals surface area (Å²) in [6.45, 7) is 4.39. The van der Waals surface area contributed by atoms with Gasteiger partial charge in [-0.2, -0.15) is 0 Å². The van der Waals surface area contributed by atoms with E-state index in [-0.39, 0.29) is 29.2 Å². The van der Waals surface area contributed by atoms with E-state index in [4.69, 9.17) is 0 Å². The highest BCUT2D eigenvalue weighted by atomic mass is 16.2. The highest BCUT2D eigenvalue weighted by Crippen LogP contribution is 2.27. The minimum atomic E-state index is -0.331. The fraction of sp³-hybridized carbons (Fsp3) is 0.583. The molecule has 1 aromatic heterocycles. The third kappa shape index (κ3) is 3.09. The van der Waals surface area contributed by atoms with Crippen LogP contribution < -0.4 is 10.6 Å². The van der Waals surface area contributed by atoms with E-state index in [1.54, 1.807) is 0 Å². The Hall–Kier alpha value is -1.85. The van der Waals surface area contributed by atoms with E-state index in [1.165, 1.54) is 19.2 Å². The van der Waals surface area contributed by atoms with Crippen LogP contribution in [0.3, 0.4) is 0 Å². The van der Waals surface area contributed by atoms with Crippen molar-refractivity contribution < 1.29 is 9.59 Å². The van der Waals surface area contributed by atoms with Crippen LogP contribution in [0.15, 0.2) is 6.33 Å². The number of aromatic amines is 1. The normalized spacial score (nSPS) is 14.6. The topological polar surface area (TPSA) is 86.9 Å². The van der Waals surface area contributed by atoms with Gasteiger partial charge in [-0.15, -0.1) is 0 Å². The summed E-state index contributed by atoms with van der Waals surface area (Å²) >= 11 is 0. The Labute approximate surface area is 106 Å². The number of imidazole rings is 1. The number of aromatic nitrogens is 2. The number of hydrogen-bond acceptors (Lipinski definition) is 3. The fourth-order valence-corrected chi connectivity index (χ4v) is 1.62. The van der Waals surface area contributed by atoms with Crippen LogP contribution in [-0.4, -0.2) is 34.4 Å². The summed E-state index contributed by atoms with van der Waals surface area (Å²) in [5.74, 6) is 0.000870. The average Bonchev–Trinajstić information content (AvgIpc) is 2.99. The molecule has 0 unspecified atom stereocenters. The third-order valence-corrected chi connectivity index (χ3v) is 2.75. The molecule has 0 spiro atoms. The van der Waals surface area contributed by atoms with Crippen LogP contribution in [0.4, 0.5) is 0 Å². The van der Waals surface area contributed by atoms with Crippen LogP contribution in [0.1, 0.15) is 47.7 Å². The first kappa shape index (κ1) is 12.6. The van der Waals surface area contributed by atoms with Gasteiger partial charge in [-0.3, -0.25) is 9.59 Å². The molecule has 1 aliphatic carbocycles. The Morgan fingerprint density at radius 3 is 2.78 bits per heavy atom. The van der Waals surface area contributed by atoms with Crippen molar-refractivity contribution in [3.05, 3.63) is 17.7 Å². The van der Waals surface area contributed by atoms with Gasteiger partial charge < -0.3 is 15.6 Å². The Morgan fingerprint density at radius 1 is 1.44 bits per heavy atom. The maximum atomic E-state index is 11.9. The highest BCUT2D eigenvalue weighted by molar-refractivity contribution is 6.04. The van der Waals surface area contributed by atoms with Crippen LogP contribution in [0.2, 0.25) is 0 Å². The summed E-state index contributed by atoms with van der Waals surface area (Å²) in [7, 11) is 0. The largest absolute Gasteiger partial charge is 0.350 e. The quantitative estimate of drug-likeness (QED) is 0.718. The Kier molecular flexibility index (Phi) is 3.64. The minimum absolute atomic E-state index is 0.0107. The van der Waals surface area contributed by atoms with Crippen molar-refractivity contribution in [3.63, 3.8) is 0 Å². The molecule has 98 valence electrons. The molecule has 0 aliphatic heterocycles. The number of nitrogens with one attached hydrogen (secondary N) is 3. The lowest BCUT2D eigenvalue weighted by atomic mass is 10.2. The van der Waals surface area contributed by atoms with Crippen LogP contribution >= 0.6 is 0 Å². The molecule has 2 rings (SSSR count). The number of carbonyl (C=O) groups excluding carboxylic acids is 2. The molecular formula is C12H18N4O2. The highest BCUT2D eigenvalue weighted by Gasteiger charge is 2.24. The maximum absolute atomic E-state index is 11.9. The number of rotatable bonds is 5. The molecule has 1 fully saturated rings. The molecule has 6 nitrogen and oxygen atoms in total. The zero-order valence-electron chi connectivity index (χ0n) is 10.6. The number of amides is 2. The van der Waals surface area contributed by atoms with Crippen molar-refractivity contribution in [2.24, 2.45) is 5.92 Å². The summed E-state index contributed by atoms with van der Waals surface area (Å²) in [5, 5.41) is 5.52. The SMILES string of the molecule is CC(C)NC(=O)c1nc[nH]c1C(=O)NCC1CC1. The molecule has 0 bridgehead atoms. The smallest absolute Gasteiger partial charge is 0.272 e. The lowest BCUT2D eigenvalue weighted by molar-refractivity contribution is 0.0907. The standard InChI is InChI=1S/C12H18N4O2/c1-7(2)16-12(18)10-9(14-6-15-10)11(17)13-5-8-3-4-8/h6-8H,3-5H2,1-2H3,(H,13,17)(H,14,15)(H,16,18). The van der Waals surface area contributed by atoms with Gasteiger partial charge in [0.1, 0.15) is 5.69 Å². The summed E-state index contributed by atoms with van der Waals surface area (Å²) < 4.78 is 0. The number of hydrogen-bond donors (Lipinski definition) is 3. The fourth-order valence-electron chi connectivity index (χ4n) is 1.62. The van der Waals surface area contributed by atoms with E-state index in [1.807, 2.05) is 13.8 Å². The molecular weight excluding hydrogens is 232 g/mol. The molecule has 2 amide bonds. The lowest BCUT2D eigenvalue weighted by Gasteiger charge is -2.08. The monoisotopic (exact) mass is 250 g/mol. The van der Waals surface area contributed by atoms with E-state index in [0.717, 1.165) is 0 Å². The molecule has 0 aromatic carbocycles. The van der Waals surface area contributed by atoms with Crippen LogP contribution in [-0.2, 0) is 0 Å². The molecule has 1 aromatic rings. The third-order valence-electron chi connectivity index (χ3n) is 2.75. The lowest BCUT2D eigenvalue weighted by Crippen LogP contribution is -2.33. The number of nitrogens with zero attached hydrogens (tertiary/aromatic N) is 1.